The van der Waals surface area contributed by atoms with Crippen LogP contribution in [0.4, 0.5) is 4.39 Å². The van der Waals surface area contributed by atoms with E-state index < -0.39 is 6.29 Å². The van der Waals surface area contributed by atoms with Crippen molar-refractivity contribution in [1.29, 1.82) is 0 Å². The molecule has 0 N–H and O–H groups in total. The number of benzene rings is 2. The Balaban J connectivity index is 1.85. The predicted octanol–water partition coefficient (Wildman–Crippen LogP) is 4.00. The van der Waals surface area contributed by atoms with Gasteiger partial charge in [-0.25, -0.2) is 4.39 Å². The first kappa shape index (κ1) is 12.3. The Morgan fingerprint density at radius 2 is 1.58 bits per heavy atom. The molecule has 3 rings (SSSR count). The zero-order chi connectivity index (χ0) is 13.2. The molecule has 1 saturated heterocycles. The Hall–Kier alpha value is -1.71. The van der Waals surface area contributed by atoms with Crippen molar-refractivity contribution in [3.8, 4) is 0 Å². The third kappa shape index (κ3) is 2.39. The smallest absolute Gasteiger partial charge is 0.185 e. The van der Waals surface area contributed by atoms with Crippen LogP contribution in [-0.2, 0) is 9.47 Å². The molecule has 0 aromatic heterocycles. The molecule has 0 amide bonds. The zero-order valence-electron chi connectivity index (χ0n) is 10.6. The summed E-state index contributed by atoms with van der Waals surface area (Å²) in [4.78, 5) is 0. The largest absolute Gasteiger partial charge is 0.342 e. The average Bonchev–Trinajstić information content (AvgIpc) is 2.82. The summed E-state index contributed by atoms with van der Waals surface area (Å²) >= 11 is 0. The van der Waals surface area contributed by atoms with Crippen LogP contribution in [0.3, 0.4) is 0 Å². The van der Waals surface area contributed by atoms with Crippen LogP contribution in [-0.4, -0.2) is 6.10 Å². The van der Waals surface area contributed by atoms with Crippen LogP contribution in [0, 0.1) is 5.82 Å². The summed E-state index contributed by atoms with van der Waals surface area (Å²) in [5, 5.41) is 0. The molecule has 0 bridgehead atoms. The van der Waals surface area contributed by atoms with E-state index in [9.17, 15) is 4.39 Å². The highest BCUT2D eigenvalue weighted by molar-refractivity contribution is 5.23. The van der Waals surface area contributed by atoms with Crippen molar-refractivity contribution in [3.63, 3.8) is 0 Å². The van der Waals surface area contributed by atoms with Gasteiger partial charge in [0.1, 0.15) is 11.9 Å². The van der Waals surface area contributed by atoms with Crippen LogP contribution < -0.4 is 0 Å². The maximum absolute atomic E-state index is 13.8. The molecule has 1 aliphatic rings. The molecule has 98 valence electrons. The van der Waals surface area contributed by atoms with Crippen LogP contribution >= 0.6 is 0 Å². The fourth-order valence-corrected chi connectivity index (χ4v) is 2.34. The summed E-state index contributed by atoms with van der Waals surface area (Å²) < 4.78 is 25.5. The van der Waals surface area contributed by atoms with E-state index in [1.165, 1.54) is 6.07 Å². The van der Waals surface area contributed by atoms with Crippen molar-refractivity contribution in [1.82, 2.24) is 0 Å². The molecule has 3 atom stereocenters. The predicted molar refractivity (Wildman–Crippen MR) is 70.0 cm³/mol. The molecule has 0 radical (unpaired) electrons. The number of hydrogen-bond acceptors (Lipinski definition) is 2. The summed E-state index contributed by atoms with van der Waals surface area (Å²) in [7, 11) is 0. The SMILES string of the molecule is CC1OC(c2ccccc2)OC1c1ccccc1F. The Morgan fingerprint density at radius 3 is 2.32 bits per heavy atom. The Morgan fingerprint density at radius 1 is 0.895 bits per heavy atom. The van der Waals surface area contributed by atoms with Gasteiger partial charge in [-0.1, -0.05) is 48.5 Å². The van der Waals surface area contributed by atoms with E-state index in [0.717, 1.165) is 5.56 Å². The third-order valence-corrected chi connectivity index (χ3v) is 3.32. The van der Waals surface area contributed by atoms with Crippen molar-refractivity contribution in [2.24, 2.45) is 0 Å². The summed E-state index contributed by atoms with van der Waals surface area (Å²) in [6.45, 7) is 1.90. The van der Waals surface area contributed by atoms with Crippen molar-refractivity contribution >= 4 is 0 Å². The lowest BCUT2D eigenvalue weighted by atomic mass is 10.1. The van der Waals surface area contributed by atoms with Gasteiger partial charge >= 0.3 is 0 Å². The average molecular weight is 258 g/mol. The van der Waals surface area contributed by atoms with Crippen LogP contribution in [0.1, 0.15) is 30.4 Å². The van der Waals surface area contributed by atoms with Crippen LogP contribution in [0.2, 0.25) is 0 Å². The highest BCUT2D eigenvalue weighted by atomic mass is 19.1. The quantitative estimate of drug-likeness (QED) is 0.810. The van der Waals surface area contributed by atoms with E-state index in [0.29, 0.717) is 5.56 Å². The highest BCUT2D eigenvalue weighted by Gasteiger charge is 2.36. The molecule has 0 spiro atoms. The van der Waals surface area contributed by atoms with Crippen LogP contribution in [0.5, 0.6) is 0 Å². The third-order valence-electron chi connectivity index (χ3n) is 3.32. The Bertz CT molecular complexity index is 556. The molecule has 19 heavy (non-hydrogen) atoms. The lowest BCUT2D eigenvalue weighted by Crippen LogP contribution is -2.11. The molecular formula is C16H15FO2. The second kappa shape index (κ2) is 5.11. The first-order chi connectivity index (χ1) is 9.25. The minimum absolute atomic E-state index is 0.179. The van der Waals surface area contributed by atoms with E-state index in [2.05, 4.69) is 0 Å². The molecule has 3 unspecified atom stereocenters. The Kier molecular flexibility index (Phi) is 3.32. The van der Waals surface area contributed by atoms with Gasteiger partial charge in [0.25, 0.3) is 0 Å². The molecule has 1 aliphatic heterocycles. The molecular weight excluding hydrogens is 243 g/mol. The van der Waals surface area contributed by atoms with Gasteiger partial charge in [-0.05, 0) is 13.0 Å². The van der Waals surface area contributed by atoms with E-state index >= 15 is 0 Å². The molecule has 2 aromatic rings. The van der Waals surface area contributed by atoms with Gasteiger partial charge in [-0.2, -0.15) is 0 Å². The molecule has 3 heteroatoms. The molecule has 2 nitrogen and oxygen atoms in total. The molecule has 0 saturated carbocycles. The summed E-state index contributed by atoms with van der Waals surface area (Å²) in [6.07, 6.45) is -0.977. The van der Waals surface area contributed by atoms with Gasteiger partial charge in [0.2, 0.25) is 0 Å². The topological polar surface area (TPSA) is 18.5 Å². The fourth-order valence-electron chi connectivity index (χ4n) is 2.34. The second-order valence-electron chi connectivity index (χ2n) is 4.66. The maximum atomic E-state index is 13.8. The highest BCUT2D eigenvalue weighted by Crippen LogP contribution is 2.40. The van der Waals surface area contributed by atoms with Crippen molar-refractivity contribution in [3.05, 3.63) is 71.5 Å². The first-order valence-corrected chi connectivity index (χ1v) is 6.36. The van der Waals surface area contributed by atoms with Crippen molar-refractivity contribution < 1.29 is 13.9 Å². The van der Waals surface area contributed by atoms with E-state index in [-0.39, 0.29) is 18.0 Å². The minimum Gasteiger partial charge on any atom is -0.342 e. The zero-order valence-corrected chi connectivity index (χ0v) is 10.6. The van der Waals surface area contributed by atoms with Gasteiger partial charge < -0.3 is 9.47 Å². The van der Waals surface area contributed by atoms with Gasteiger partial charge in [0.15, 0.2) is 6.29 Å². The van der Waals surface area contributed by atoms with Gasteiger partial charge in [-0.3, -0.25) is 0 Å². The summed E-state index contributed by atoms with van der Waals surface area (Å²) in [6, 6.07) is 16.4. The van der Waals surface area contributed by atoms with E-state index in [4.69, 9.17) is 9.47 Å². The monoisotopic (exact) mass is 258 g/mol. The van der Waals surface area contributed by atoms with E-state index in [1.807, 2.05) is 43.3 Å². The standard InChI is InChI=1S/C16H15FO2/c1-11-15(13-9-5-6-10-14(13)17)19-16(18-11)12-7-3-2-4-8-12/h2-11,15-16H,1H3. The van der Waals surface area contributed by atoms with Gasteiger partial charge in [0, 0.05) is 11.1 Å². The minimum atomic E-state index is -0.430. The maximum Gasteiger partial charge on any atom is 0.185 e. The van der Waals surface area contributed by atoms with Gasteiger partial charge in [0.05, 0.1) is 6.10 Å². The normalized spacial score (nSPS) is 26.5. The number of ether oxygens (including phenoxy) is 2. The number of halogens is 1. The van der Waals surface area contributed by atoms with E-state index in [1.54, 1.807) is 12.1 Å². The van der Waals surface area contributed by atoms with Crippen molar-refractivity contribution in [2.45, 2.75) is 25.4 Å². The Labute approximate surface area is 111 Å². The number of rotatable bonds is 2. The first-order valence-electron chi connectivity index (χ1n) is 6.36. The van der Waals surface area contributed by atoms with Crippen molar-refractivity contribution in [2.75, 3.05) is 0 Å². The molecule has 1 heterocycles. The number of hydrogen-bond donors (Lipinski definition) is 0. The van der Waals surface area contributed by atoms with Crippen LogP contribution in [0.25, 0.3) is 0 Å². The molecule has 2 aromatic carbocycles. The lowest BCUT2D eigenvalue weighted by molar-refractivity contribution is -0.0679. The molecule has 0 aliphatic carbocycles. The lowest BCUT2D eigenvalue weighted by Gasteiger charge is -2.13. The molecule has 1 fully saturated rings. The van der Waals surface area contributed by atoms with Crippen LogP contribution in [0.15, 0.2) is 54.6 Å². The fraction of sp³-hybridized carbons (Fsp3) is 0.250. The summed E-state index contributed by atoms with van der Waals surface area (Å²) in [5.74, 6) is -0.253. The summed E-state index contributed by atoms with van der Waals surface area (Å²) in [5.41, 5.74) is 1.50. The van der Waals surface area contributed by atoms with Gasteiger partial charge in [-0.15, -0.1) is 0 Å². The second-order valence-corrected chi connectivity index (χ2v) is 4.66.